The largest absolute Gasteiger partial charge is 0.381 e. The number of aromatic nitrogens is 3. The van der Waals surface area contributed by atoms with Gasteiger partial charge in [0, 0.05) is 38.2 Å². The number of unbranched alkanes of at least 4 members (excludes halogenated alkanes) is 1. The fourth-order valence-corrected chi connectivity index (χ4v) is 2.74. The Kier molecular flexibility index (Phi) is 9.48. The quantitative estimate of drug-likeness (QED) is 0.352. The molecule has 0 aliphatic carbocycles. The maximum Gasteiger partial charge on any atom is 0.191 e. The highest BCUT2D eigenvalue weighted by molar-refractivity contribution is 5.79. The molecule has 0 radical (unpaired) electrons. The topological polar surface area (TPSA) is 76.4 Å². The molecule has 154 valence electrons. The second-order valence-electron chi connectivity index (χ2n) is 6.80. The van der Waals surface area contributed by atoms with Crippen LogP contribution in [0, 0.1) is 13.8 Å². The fraction of sp³-hybridized carbons (Fsp3) is 0.571. The monoisotopic (exact) mass is 386 g/mol. The lowest BCUT2D eigenvalue weighted by Gasteiger charge is -2.11. The van der Waals surface area contributed by atoms with Crippen LogP contribution < -0.4 is 10.6 Å². The Morgan fingerprint density at radius 1 is 1.14 bits per heavy atom. The van der Waals surface area contributed by atoms with Crippen LogP contribution in [0.25, 0.3) is 5.82 Å². The van der Waals surface area contributed by atoms with Crippen LogP contribution in [0.4, 0.5) is 0 Å². The third-order valence-electron chi connectivity index (χ3n) is 4.20. The lowest BCUT2D eigenvalue weighted by Crippen LogP contribution is -2.38. The number of ether oxygens (including phenoxy) is 1. The standard InChI is InChI=1S/C21H34N6O/c1-5-7-12-28-13-8-11-23-21(22-6-2)25-16-19-9-10-20(24-15-19)27-18(4)14-17(3)26-27/h9-10,14-15H,5-8,11-13,16H2,1-4H3,(H2,22,23,25). The number of aryl methyl sites for hydroxylation is 2. The molecule has 0 unspecified atom stereocenters. The molecule has 2 aromatic heterocycles. The van der Waals surface area contributed by atoms with Gasteiger partial charge in [0.05, 0.1) is 12.2 Å². The molecule has 0 aromatic carbocycles. The van der Waals surface area contributed by atoms with Crippen molar-refractivity contribution in [3.05, 3.63) is 41.3 Å². The van der Waals surface area contributed by atoms with Crippen LogP contribution in [0.1, 0.15) is 50.1 Å². The highest BCUT2D eigenvalue weighted by Crippen LogP contribution is 2.10. The zero-order chi connectivity index (χ0) is 20.2. The van der Waals surface area contributed by atoms with Crippen molar-refractivity contribution >= 4 is 5.96 Å². The summed E-state index contributed by atoms with van der Waals surface area (Å²) in [5.41, 5.74) is 3.13. The lowest BCUT2D eigenvalue weighted by atomic mass is 10.3. The molecular weight excluding hydrogens is 352 g/mol. The van der Waals surface area contributed by atoms with Gasteiger partial charge in [0.2, 0.25) is 0 Å². The van der Waals surface area contributed by atoms with Gasteiger partial charge >= 0.3 is 0 Å². The minimum absolute atomic E-state index is 0.576. The first kappa shape index (κ1) is 21.9. The van der Waals surface area contributed by atoms with Crippen LogP contribution in [0.3, 0.4) is 0 Å². The van der Waals surface area contributed by atoms with Crippen LogP contribution in [-0.2, 0) is 11.3 Å². The van der Waals surface area contributed by atoms with Crippen molar-refractivity contribution in [1.82, 2.24) is 25.4 Å². The van der Waals surface area contributed by atoms with Crippen molar-refractivity contribution in [3.63, 3.8) is 0 Å². The number of pyridine rings is 1. The molecule has 2 rings (SSSR count). The predicted molar refractivity (Wildman–Crippen MR) is 114 cm³/mol. The zero-order valence-corrected chi connectivity index (χ0v) is 17.7. The molecule has 0 saturated carbocycles. The van der Waals surface area contributed by atoms with Gasteiger partial charge in [-0.1, -0.05) is 19.4 Å². The Morgan fingerprint density at radius 3 is 2.61 bits per heavy atom. The second-order valence-corrected chi connectivity index (χ2v) is 6.80. The number of guanidine groups is 1. The number of nitrogens with one attached hydrogen (secondary N) is 2. The fourth-order valence-electron chi connectivity index (χ4n) is 2.74. The van der Waals surface area contributed by atoms with E-state index in [1.165, 1.54) is 6.42 Å². The van der Waals surface area contributed by atoms with E-state index in [9.17, 15) is 0 Å². The Balaban J connectivity index is 1.83. The van der Waals surface area contributed by atoms with Gasteiger partial charge in [-0.05, 0) is 51.3 Å². The van der Waals surface area contributed by atoms with E-state index in [1.54, 1.807) is 0 Å². The molecule has 7 nitrogen and oxygen atoms in total. The first-order valence-corrected chi connectivity index (χ1v) is 10.2. The average molecular weight is 387 g/mol. The number of rotatable bonds is 11. The molecule has 0 spiro atoms. The molecule has 2 N–H and O–H groups in total. The molecule has 0 aliphatic heterocycles. The predicted octanol–water partition coefficient (Wildman–Crippen LogP) is 3.15. The smallest absolute Gasteiger partial charge is 0.191 e. The molecule has 28 heavy (non-hydrogen) atoms. The van der Waals surface area contributed by atoms with Crippen molar-refractivity contribution in [3.8, 4) is 5.82 Å². The number of hydrogen-bond donors (Lipinski definition) is 2. The molecule has 7 heteroatoms. The summed E-state index contributed by atoms with van der Waals surface area (Å²) in [4.78, 5) is 9.18. The highest BCUT2D eigenvalue weighted by atomic mass is 16.5. The van der Waals surface area contributed by atoms with Gasteiger partial charge in [0.1, 0.15) is 0 Å². The van der Waals surface area contributed by atoms with E-state index < -0.39 is 0 Å². The second kappa shape index (κ2) is 12.1. The Hall–Kier alpha value is -2.41. The molecule has 0 aliphatic rings. The van der Waals surface area contributed by atoms with E-state index in [2.05, 4.69) is 39.6 Å². The third-order valence-corrected chi connectivity index (χ3v) is 4.20. The van der Waals surface area contributed by atoms with Gasteiger partial charge in [-0.2, -0.15) is 5.10 Å². The van der Waals surface area contributed by atoms with Crippen LogP contribution in [-0.4, -0.2) is 47.0 Å². The molecular formula is C21H34N6O. The Bertz CT molecular complexity index is 723. The van der Waals surface area contributed by atoms with E-state index in [0.29, 0.717) is 6.54 Å². The number of aliphatic imine (C=N–C) groups is 1. The van der Waals surface area contributed by atoms with E-state index >= 15 is 0 Å². The van der Waals surface area contributed by atoms with E-state index in [0.717, 1.165) is 67.9 Å². The summed E-state index contributed by atoms with van der Waals surface area (Å²) in [7, 11) is 0. The van der Waals surface area contributed by atoms with Crippen LogP contribution in [0.2, 0.25) is 0 Å². The summed E-state index contributed by atoms with van der Waals surface area (Å²) in [5.74, 6) is 1.64. The molecule has 0 saturated heterocycles. The molecule has 0 atom stereocenters. The van der Waals surface area contributed by atoms with Crippen molar-refractivity contribution < 1.29 is 4.74 Å². The molecule has 2 heterocycles. The summed E-state index contributed by atoms with van der Waals surface area (Å²) in [5, 5.41) is 11.1. The van der Waals surface area contributed by atoms with Gasteiger partial charge in [-0.3, -0.25) is 0 Å². The van der Waals surface area contributed by atoms with Crippen LogP contribution in [0.5, 0.6) is 0 Å². The third kappa shape index (κ3) is 7.31. The van der Waals surface area contributed by atoms with Crippen LogP contribution in [0.15, 0.2) is 29.4 Å². The summed E-state index contributed by atoms with van der Waals surface area (Å²) in [6, 6.07) is 6.08. The average Bonchev–Trinajstić information content (AvgIpc) is 3.03. The first-order valence-electron chi connectivity index (χ1n) is 10.2. The van der Waals surface area contributed by atoms with Crippen molar-refractivity contribution in [2.45, 2.75) is 53.5 Å². The zero-order valence-electron chi connectivity index (χ0n) is 17.7. The van der Waals surface area contributed by atoms with E-state index in [1.807, 2.05) is 42.9 Å². The van der Waals surface area contributed by atoms with E-state index in [4.69, 9.17) is 4.74 Å². The highest BCUT2D eigenvalue weighted by Gasteiger charge is 2.05. The maximum absolute atomic E-state index is 5.59. The first-order chi connectivity index (χ1) is 13.6. The van der Waals surface area contributed by atoms with Gasteiger partial charge < -0.3 is 15.4 Å². The van der Waals surface area contributed by atoms with Crippen LogP contribution >= 0.6 is 0 Å². The number of nitrogens with zero attached hydrogens (tertiary/aromatic N) is 4. The normalized spacial score (nSPS) is 11.6. The summed E-state index contributed by atoms with van der Waals surface area (Å²) >= 11 is 0. The molecule has 0 bridgehead atoms. The summed E-state index contributed by atoms with van der Waals surface area (Å²) in [6.45, 7) is 12.1. The van der Waals surface area contributed by atoms with Gasteiger partial charge in [0.15, 0.2) is 11.8 Å². The SMILES string of the molecule is CCCCOCCCNC(=NCc1ccc(-n2nc(C)cc2C)nc1)NCC. The van der Waals surface area contributed by atoms with Gasteiger partial charge in [0.25, 0.3) is 0 Å². The van der Waals surface area contributed by atoms with Crippen molar-refractivity contribution in [2.75, 3.05) is 26.3 Å². The molecule has 0 fully saturated rings. The lowest BCUT2D eigenvalue weighted by molar-refractivity contribution is 0.129. The van der Waals surface area contributed by atoms with E-state index in [-0.39, 0.29) is 0 Å². The minimum Gasteiger partial charge on any atom is -0.381 e. The minimum atomic E-state index is 0.576. The summed E-state index contributed by atoms with van der Waals surface area (Å²) in [6.07, 6.45) is 5.13. The molecule has 0 amide bonds. The summed E-state index contributed by atoms with van der Waals surface area (Å²) < 4.78 is 7.44. The van der Waals surface area contributed by atoms with Gasteiger partial charge in [-0.15, -0.1) is 0 Å². The maximum atomic E-state index is 5.59. The van der Waals surface area contributed by atoms with Crippen molar-refractivity contribution in [2.24, 2.45) is 4.99 Å². The van der Waals surface area contributed by atoms with Gasteiger partial charge in [-0.25, -0.2) is 14.7 Å². The Morgan fingerprint density at radius 2 is 1.96 bits per heavy atom. The number of hydrogen-bond acceptors (Lipinski definition) is 4. The van der Waals surface area contributed by atoms with Crippen molar-refractivity contribution in [1.29, 1.82) is 0 Å². The Labute approximate surface area is 168 Å². The molecule has 2 aromatic rings.